The van der Waals surface area contributed by atoms with Crippen LogP contribution in [0.15, 0.2) is 54.6 Å². The first kappa shape index (κ1) is 18.3. The predicted octanol–water partition coefficient (Wildman–Crippen LogP) is 3.70. The third-order valence-corrected chi connectivity index (χ3v) is 4.15. The maximum Gasteiger partial charge on any atom is 0.315 e. The lowest BCUT2D eigenvalue weighted by Crippen LogP contribution is -2.36. The first-order valence-electron chi connectivity index (χ1n) is 8.11. The van der Waals surface area contributed by atoms with Gasteiger partial charge in [-0.05, 0) is 42.0 Å². The molecule has 0 saturated heterocycles. The van der Waals surface area contributed by atoms with Gasteiger partial charge < -0.3 is 15.7 Å². The number of rotatable bonds is 8. The zero-order valence-corrected chi connectivity index (χ0v) is 14.3. The largest absolute Gasteiger partial charge is 0.396 e. The predicted molar refractivity (Wildman–Crippen MR) is 97.2 cm³/mol. The molecule has 128 valence electrons. The van der Waals surface area contributed by atoms with E-state index in [0.717, 1.165) is 12.0 Å². The van der Waals surface area contributed by atoms with E-state index in [0.29, 0.717) is 24.5 Å². The molecule has 2 amide bonds. The van der Waals surface area contributed by atoms with Crippen LogP contribution in [0.1, 0.15) is 29.9 Å². The Balaban J connectivity index is 1.73. The van der Waals surface area contributed by atoms with E-state index < -0.39 is 0 Å². The Hall–Kier alpha value is -2.04. The molecule has 0 aliphatic rings. The molecule has 4 nitrogen and oxygen atoms in total. The zero-order chi connectivity index (χ0) is 17.2. The Bertz CT molecular complexity index is 617. The molecule has 0 aliphatic heterocycles. The second-order valence-electron chi connectivity index (χ2n) is 5.64. The summed E-state index contributed by atoms with van der Waals surface area (Å²) < 4.78 is 0. The van der Waals surface area contributed by atoms with Gasteiger partial charge in [-0.3, -0.25) is 0 Å². The van der Waals surface area contributed by atoms with Crippen LogP contribution in [0.3, 0.4) is 0 Å². The summed E-state index contributed by atoms with van der Waals surface area (Å²) in [6.45, 7) is 1.16. The lowest BCUT2D eigenvalue weighted by molar-refractivity contribution is 0.239. The van der Waals surface area contributed by atoms with E-state index in [9.17, 15) is 9.90 Å². The van der Waals surface area contributed by atoms with Gasteiger partial charge in [0.05, 0.1) is 0 Å². The van der Waals surface area contributed by atoms with Gasteiger partial charge in [0.1, 0.15) is 0 Å². The summed E-state index contributed by atoms with van der Waals surface area (Å²) in [4.78, 5) is 11.9. The van der Waals surface area contributed by atoms with E-state index in [4.69, 9.17) is 11.6 Å². The average molecular weight is 347 g/mol. The van der Waals surface area contributed by atoms with E-state index in [-0.39, 0.29) is 18.6 Å². The number of hydrogen-bond donors (Lipinski definition) is 3. The fourth-order valence-electron chi connectivity index (χ4n) is 2.57. The molecule has 0 fully saturated rings. The molecule has 1 atom stereocenters. The second-order valence-corrected chi connectivity index (χ2v) is 6.08. The van der Waals surface area contributed by atoms with E-state index in [1.165, 1.54) is 5.56 Å². The van der Waals surface area contributed by atoms with E-state index in [1.807, 2.05) is 30.3 Å². The molecule has 2 aromatic rings. The van der Waals surface area contributed by atoms with Crippen LogP contribution in [0, 0.1) is 0 Å². The molecule has 0 spiro atoms. The summed E-state index contributed by atoms with van der Waals surface area (Å²) >= 11 is 5.83. The van der Waals surface area contributed by atoms with E-state index in [2.05, 4.69) is 22.8 Å². The summed E-state index contributed by atoms with van der Waals surface area (Å²) in [5.41, 5.74) is 2.19. The standard InChI is InChI=1S/C19H23ClN2O2/c20-18-8-6-15(7-9-18)14-22-19(24)21-12-10-17(11-13-23)16-4-2-1-3-5-16/h1-9,17,23H,10-14H2,(H2,21,22,24)/t17-/m1/s1. The number of nitrogens with one attached hydrogen (secondary N) is 2. The summed E-state index contributed by atoms with van der Waals surface area (Å²) in [6, 6.07) is 17.2. The van der Waals surface area contributed by atoms with Gasteiger partial charge in [-0.2, -0.15) is 0 Å². The first-order valence-corrected chi connectivity index (χ1v) is 8.49. The molecule has 0 heterocycles. The molecule has 24 heavy (non-hydrogen) atoms. The Morgan fingerprint density at radius 3 is 2.38 bits per heavy atom. The smallest absolute Gasteiger partial charge is 0.315 e. The molecule has 3 N–H and O–H groups in total. The van der Waals surface area contributed by atoms with Crippen molar-refractivity contribution in [1.82, 2.24) is 10.6 Å². The van der Waals surface area contributed by atoms with E-state index >= 15 is 0 Å². The minimum Gasteiger partial charge on any atom is -0.396 e. The number of halogens is 1. The van der Waals surface area contributed by atoms with Crippen molar-refractivity contribution >= 4 is 17.6 Å². The van der Waals surface area contributed by atoms with Crippen molar-refractivity contribution < 1.29 is 9.90 Å². The van der Waals surface area contributed by atoms with Crippen molar-refractivity contribution in [2.24, 2.45) is 0 Å². The quantitative estimate of drug-likeness (QED) is 0.682. The summed E-state index contributed by atoms with van der Waals surface area (Å²) in [5.74, 6) is 0.243. The third-order valence-electron chi connectivity index (χ3n) is 3.89. The number of carbonyl (C=O) groups is 1. The van der Waals surface area contributed by atoms with Crippen LogP contribution < -0.4 is 10.6 Å². The molecule has 2 aromatic carbocycles. The highest BCUT2D eigenvalue weighted by atomic mass is 35.5. The highest BCUT2D eigenvalue weighted by Crippen LogP contribution is 2.22. The van der Waals surface area contributed by atoms with Crippen molar-refractivity contribution in [3.05, 3.63) is 70.7 Å². The molecule has 0 radical (unpaired) electrons. The Morgan fingerprint density at radius 1 is 1.00 bits per heavy atom. The lowest BCUT2D eigenvalue weighted by Gasteiger charge is -2.17. The van der Waals surface area contributed by atoms with Crippen LogP contribution in [-0.4, -0.2) is 24.3 Å². The normalized spacial score (nSPS) is 11.8. The number of carbonyl (C=O) groups excluding carboxylic acids is 1. The lowest BCUT2D eigenvalue weighted by atomic mass is 9.93. The second kappa shape index (κ2) is 9.96. The molecule has 0 aliphatic carbocycles. The molecule has 0 unspecified atom stereocenters. The van der Waals surface area contributed by atoms with Gasteiger partial charge in [0.2, 0.25) is 0 Å². The molecular weight excluding hydrogens is 324 g/mol. The Labute approximate surface area is 147 Å². The molecule has 0 saturated carbocycles. The number of amides is 2. The maximum absolute atomic E-state index is 11.9. The molecule has 5 heteroatoms. The topological polar surface area (TPSA) is 61.4 Å². The van der Waals surface area contributed by atoms with Crippen LogP contribution in [0.4, 0.5) is 4.79 Å². The van der Waals surface area contributed by atoms with Gasteiger partial charge in [0.15, 0.2) is 0 Å². The summed E-state index contributed by atoms with van der Waals surface area (Å²) in [7, 11) is 0. The van der Waals surface area contributed by atoms with Crippen molar-refractivity contribution in [2.75, 3.05) is 13.2 Å². The monoisotopic (exact) mass is 346 g/mol. The van der Waals surface area contributed by atoms with Gasteiger partial charge in [0.25, 0.3) is 0 Å². The van der Waals surface area contributed by atoms with Crippen molar-refractivity contribution in [3.8, 4) is 0 Å². The van der Waals surface area contributed by atoms with Crippen molar-refractivity contribution in [3.63, 3.8) is 0 Å². The summed E-state index contributed by atoms with van der Waals surface area (Å²) in [5, 5.41) is 15.6. The van der Waals surface area contributed by atoms with Crippen molar-refractivity contribution in [1.29, 1.82) is 0 Å². The molecule has 0 aromatic heterocycles. The minimum atomic E-state index is -0.194. The Kier molecular flexibility index (Phi) is 7.59. The van der Waals surface area contributed by atoms with Crippen LogP contribution in [0.2, 0.25) is 5.02 Å². The number of benzene rings is 2. The number of hydrogen-bond acceptors (Lipinski definition) is 2. The highest BCUT2D eigenvalue weighted by molar-refractivity contribution is 6.30. The molecular formula is C19H23ClN2O2. The van der Waals surface area contributed by atoms with Crippen LogP contribution in [0.5, 0.6) is 0 Å². The molecule has 0 bridgehead atoms. The Morgan fingerprint density at radius 2 is 1.71 bits per heavy atom. The van der Waals surface area contributed by atoms with Crippen LogP contribution in [-0.2, 0) is 6.54 Å². The first-order chi connectivity index (χ1) is 11.7. The number of aliphatic hydroxyl groups is 1. The fourth-order valence-corrected chi connectivity index (χ4v) is 2.69. The molecule has 2 rings (SSSR count). The number of aliphatic hydroxyl groups excluding tert-OH is 1. The van der Waals surface area contributed by atoms with E-state index in [1.54, 1.807) is 12.1 Å². The van der Waals surface area contributed by atoms with Gasteiger partial charge in [-0.15, -0.1) is 0 Å². The SMILES string of the molecule is O=C(NCC[C@H](CCO)c1ccccc1)NCc1ccc(Cl)cc1. The van der Waals surface area contributed by atoms with Gasteiger partial charge in [-0.25, -0.2) is 4.79 Å². The maximum atomic E-state index is 11.9. The van der Waals surface area contributed by atoms with Crippen LogP contribution >= 0.6 is 11.6 Å². The number of urea groups is 1. The van der Waals surface area contributed by atoms with Crippen molar-refractivity contribution in [2.45, 2.75) is 25.3 Å². The fraction of sp³-hybridized carbons (Fsp3) is 0.316. The highest BCUT2D eigenvalue weighted by Gasteiger charge is 2.11. The van der Waals surface area contributed by atoms with Gasteiger partial charge >= 0.3 is 6.03 Å². The summed E-state index contributed by atoms with van der Waals surface area (Å²) in [6.07, 6.45) is 1.48. The van der Waals surface area contributed by atoms with Crippen LogP contribution in [0.25, 0.3) is 0 Å². The minimum absolute atomic E-state index is 0.141. The van der Waals surface area contributed by atoms with Gasteiger partial charge in [0, 0.05) is 24.7 Å². The van der Waals surface area contributed by atoms with Gasteiger partial charge in [-0.1, -0.05) is 54.1 Å². The zero-order valence-electron chi connectivity index (χ0n) is 13.5. The third kappa shape index (κ3) is 6.22. The average Bonchev–Trinajstić information content (AvgIpc) is 2.61.